The lowest BCUT2D eigenvalue weighted by molar-refractivity contribution is -0.123. The summed E-state index contributed by atoms with van der Waals surface area (Å²) in [7, 11) is 1.59. The monoisotopic (exact) mass is 247 g/mol. The Morgan fingerprint density at radius 1 is 1.62 bits per heavy atom. The fourth-order valence-electron chi connectivity index (χ4n) is 1.74. The smallest absolute Gasteiger partial charge is 0.220 e. The van der Waals surface area contributed by atoms with Crippen molar-refractivity contribution in [2.75, 3.05) is 26.1 Å². The number of amides is 1. The van der Waals surface area contributed by atoms with Gasteiger partial charge in [-0.25, -0.2) is 0 Å². The van der Waals surface area contributed by atoms with E-state index in [2.05, 4.69) is 17.9 Å². The van der Waals surface area contributed by atoms with Crippen LogP contribution in [0.4, 0.5) is 0 Å². The standard InChI is InChI=1S/C11H21NO3S/c1-15-7-9(2-5-13)12-10(14)6-11(8-16)3-4-11/h9,13,16H,2-8H2,1H3,(H,12,14). The molecule has 0 aliphatic heterocycles. The molecule has 0 saturated heterocycles. The number of carbonyl (C=O) groups excluding carboxylic acids is 1. The van der Waals surface area contributed by atoms with E-state index in [1.165, 1.54) is 0 Å². The summed E-state index contributed by atoms with van der Waals surface area (Å²) < 4.78 is 4.99. The van der Waals surface area contributed by atoms with Gasteiger partial charge in [-0.3, -0.25) is 4.79 Å². The van der Waals surface area contributed by atoms with Crippen LogP contribution in [0.1, 0.15) is 25.7 Å². The first-order chi connectivity index (χ1) is 7.65. The van der Waals surface area contributed by atoms with Gasteiger partial charge in [-0.05, 0) is 30.4 Å². The SMILES string of the molecule is COCC(CCO)NC(=O)CC1(CS)CC1. The molecule has 1 rings (SSSR count). The number of aliphatic hydroxyl groups excluding tert-OH is 1. The Kier molecular flexibility index (Phi) is 5.58. The van der Waals surface area contributed by atoms with Crippen LogP contribution in [0.3, 0.4) is 0 Å². The largest absolute Gasteiger partial charge is 0.396 e. The van der Waals surface area contributed by atoms with E-state index in [-0.39, 0.29) is 24.0 Å². The van der Waals surface area contributed by atoms with Crippen molar-refractivity contribution in [3.05, 3.63) is 0 Å². The summed E-state index contributed by atoms with van der Waals surface area (Å²) in [6.07, 6.45) is 3.27. The third-order valence-corrected chi connectivity index (χ3v) is 3.71. The normalized spacial score (nSPS) is 19.2. The van der Waals surface area contributed by atoms with E-state index in [0.29, 0.717) is 19.4 Å². The van der Waals surface area contributed by atoms with Crippen LogP contribution in [0, 0.1) is 5.41 Å². The molecule has 0 aromatic heterocycles. The third-order valence-electron chi connectivity index (χ3n) is 3.04. The number of nitrogens with one attached hydrogen (secondary N) is 1. The maximum atomic E-state index is 11.7. The Balaban J connectivity index is 2.30. The maximum absolute atomic E-state index is 11.7. The highest BCUT2D eigenvalue weighted by atomic mass is 32.1. The summed E-state index contributed by atoms with van der Waals surface area (Å²) in [4.78, 5) is 11.7. The van der Waals surface area contributed by atoms with E-state index in [0.717, 1.165) is 18.6 Å². The fourth-order valence-corrected chi connectivity index (χ4v) is 2.17. The van der Waals surface area contributed by atoms with E-state index in [4.69, 9.17) is 9.84 Å². The molecule has 1 amide bonds. The molecule has 1 aliphatic carbocycles. The Morgan fingerprint density at radius 3 is 2.75 bits per heavy atom. The van der Waals surface area contributed by atoms with Gasteiger partial charge in [0.05, 0.1) is 12.6 Å². The fraction of sp³-hybridized carbons (Fsp3) is 0.909. The van der Waals surface area contributed by atoms with Crippen molar-refractivity contribution in [1.82, 2.24) is 5.32 Å². The van der Waals surface area contributed by atoms with Gasteiger partial charge < -0.3 is 15.2 Å². The maximum Gasteiger partial charge on any atom is 0.220 e. The number of methoxy groups -OCH3 is 1. The molecular weight excluding hydrogens is 226 g/mol. The van der Waals surface area contributed by atoms with Crippen molar-refractivity contribution in [2.45, 2.75) is 31.7 Å². The molecule has 2 N–H and O–H groups in total. The second kappa shape index (κ2) is 6.47. The predicted molar refractivity (Wildman–Crippen MR) is 65.6 cm³/mol. The number of ether oxygens (including phenoxy) is 1. The molecule has 1 fully saturated rings. The average molecular weight is 247 g/mol. The van der Waals surface area contributed by atoms with Gasteiger partial charge in [0.25, 0.3) is 0 Å². The van der Waals surface area contributed by atoms with E-state index < -0.39 is 0 Å². The van der Waals surface area contributed by atoms with Crippen LogP contribution >= 0.6 is 12.6 Å². The number of carbonyl (C=O) groups is 1. The molecule has 0 bridgehead atoms. The van der Waals surface area contributed by atoms with Gasteiger partial charge in [0.1, 0.15) is 0 Å². The quantitative estimate of drug-likeness (QED) is 0.551. The van der Waals surface area contributed by atoms with Gasteiger partial charge >= 0.3 is 0 Å². The molecule has 1 saturated carbocycles. The lowest BCUT2D eigenvalue weighted by Gasteiger charge is -2.18. The second-order valence-corrected chi connectivity index (χ2v) is 4.88. The Hall–Kier alpha value is -0.260. The highest BCUT2D eigenvalue weighted by Gasteiger charge is 2.43. The van der Waals surface area contributed by atoms with Crippen molar-refractivity contribution < 1.29 is 14.6 Å². The van der Waals surface area contributed by atoms with Crippen LogP contribution in [-0.4, -0.2) is 43.1 Å². The van der Waals surface area contributed by atoms with E-state index >= 15 is 0 Å². The number of aliphatic hydroxyl groups is 1. The Labute approximate surface area is 102 Å². The molecule has 1 unspecified atom stereocenters. The topological polar surface area (TPSA) is 58.6 Å². The minimum atomic E-state index is -0.0850. The van der Waals surface area contributed by atoms with Crippen LogP contribution < -0.4 is 5.32 Å². The lowest BCUT2D eigenvalue weighted by atomic mass is 10.0. The number of hydrogen-bond donors (Lipinski definition) is 3. The van der Waals surface area contributed by atoms with E-state index in [1.807, 2.05) is 0 Å². The molecule has 0 heterocycles. The predicted octanol–water partition coefficient (Wildman–Crippen LogP) is 0.600. The number of thiol groups is 1. The molecule has 4 nitrogen and oxygen atoms in total. The molecule has 1 aliphatic rings. The van der Waals surface area contributed by atoms with Crippen LogP contribution in [0.25, 0.3) is 0 Å². The van der Waals surface area contributed by atoms with Crippen LogP contribution in [0.2, 0.25) is 0 Å². The van der Waals surface area contributed by atoms with Crippen molar-refractivity contribution in [1.29, 1.82) is 0 Å². The van der Waals surface area contributed by atoms with Gasteiger partial charge in [0.2, 0.25) is 5.91 Å². The first kappa shape index (κ1) is 13.8. The summed E-state index contributed by atoms with van der Waals surface area (Å²) in [6.45, 7) is 0.506. The Bertz CT molecular complexity index is 225. The highest BCUT2D eigenvalue weighted by molar-refractivity contribution is 7.80. The zero-order valence-electron chi connectivity index (χ0n) is 9.74. The molecule has 94 valence electrons. The summed E-state index contributed by atoms with van der Waals surface area (Å²) in [5.41, 5.74) is 0.143. The van der Waals surface area contributed by atoms with Crippen LogP contribution in [-0.2, 0) is 9.53 Å². The van der Waals surface area contributed by atoms with E-state index in [1.54, 1.807) is 7.11 Å². The summed E-state index contributed by atoms with van der Waals surface area (Å²) in [5, 5.41) is 11.7. The van der Waals surface area contributed by atoms with Gasteiger partial charge in [-0.15, -0.1) is 0 Å². The van der Waals surface area contributed by atoms with Crippen molar-refractivity contribution >= 4 is 18.5 Å². The van der Waals surface area contributed by atoms with Crippen molar-refractivity contribution in [3.8, 4) is 0 Å². The zero-order valence-corrected chi connectivity index (χ0v) is 10.6. The molecule has 0 radical (unpaired) electrons. The zero-order chi connectivity index (χ0) is 12.0. The minimum absolute atomic E-state index is 0.0436. The second-order valence-electron chi connectivity index (χ2n) is 4.57. The molecule has 0 aromatic rings. The number of hydrogen-bond acceptors (Lipinski definition) is 4. The average Bonchev–Trinajstić information content (AvgIpc) is 2.99. The molecule has 16 heavy (non-hydrogen) atoms. The van der Waals surface area contributed by atoms with Crippen LogP contribution in [0.5, 0.6) is 0 Å². The van der Waals surface area contributed by atoms with Crippen molar-refractivity contribution in [3.63, 3.8) is 0 Å². The lowest BCUT2D eigenvalue weighted by Crippen LogP contribution is -2.39. The third kappa shape index (κ3) is 4.31. The molecular formula is C11H21NO3S. The van der Waals surface area contributed by atoms with E-state index in [9.17, 15) is 4.79 Å². The summed E-state index contributed by atoms with van der Waals surface area (Å²) >= 11 is 4.27. The molecule has 1 atom stereocenters. The van der Waals surface area contributed by atoms with Gasteiger partial charge in [0, 0.05) is 20.1 Å². The summed E-state index contributed by atoms with van der Waals surface area (Å²) in [5.74, 6) is 0.817. The Morgan fingerprint density at radius 2 is 2.31 bits per heavy atom. The first-order valence-corrected chi connectivity index (χ1v) is 6.29. The molecule has 0 aromatic carbocycles. The number of rotatable bonds is 8. The van der Waals surface area contributed by atoms with Gasteiger partial charge in [-0.2, -0.15) is 12.6 Å². The van der Waals surface area contributed by atoms with Crippen molar-refractivity contribution in [2.24, 2.45) is 5.41 Å². The first-order valence-electron chi connectivity index (χ1n) is 5.66. The summed E-state index contributed by atoms with van der Waals surface area (Å²) in [6, 6.07) is -0.0850. The van der Waals surface area contributed by atoms with Crippen LogP contribution in [0.15, 0.2) is 0 Å². The van der Waals surface area contributed by atoms with Gasteiger partial charge in [0.15, 0.2) is 0 Å². The highest BCUT2D eigenvalue weighted by Crippen LogP contribution is 2.49. The molecule has 0 spiro atoms. The minimum Gasteiger partial charge on any atom is -0.396 e. The molecule has 5 heteroatoms. The van der Waals surface area contributed by atoms with Gasteiger partial charge in [-0.1, -0.05) is 0 Å².